The molecule has 32 heavy (non-hydrogen) atoms. The van der Waals surface area contributed by atoms with Crippen LogP contribution in [0.5, 0.6) is 11.5 Å². The van der Waals surface area contributed by atoms with Crippen molar-refractivity contribution in [3.8, 4) is 11.5 Å². The molecule has 6 nitrogen and oxygen atoms in total. The Morgan fingerprint density at radius 3 is 2.47 bits per heavy atom. The summed E-state index contributed by atoms with van der Waals surface area (Å²) in [6.45, 7) is 4.52. The minimum Gasteiger partial charge on any atom is -0.454 e. The lowest BCUT2D eigenvalue weighted by atomic mass is 10.1. The minimum absolute atomic E-state index is 0.0303. The van der Waals surface area contributed by atoms with Crippen LogP contribution in [0.4, 0.5) is 0 Å². The highest BCUT2D eigenvalue weighted by Crippen LogP contribution is 2.32. The maximum atomic E-state index is 13.3. The molecule has 0 bridgehead atoms. The lowest BCUT2D eigenvalue weighted by Gasteiger charge is -2.30. The van der Waals surface area contributed by atoms with Gasteiger partial charge in [-0.3, -0.25) is 9.59 Å². The van der Waals surface area contributed by atoms with Crippen LogP contribution in [0.15, 0.2) is 42.5 Å². The molecule has 2 amide bonds. The highest BCUT2D eigenvalue weighted by molar-refractivity contribution is 5.87. The van der Waals surface area contributed by atoms with E-state index < -0.39 is 6.04 Å². The summed E-state index contributed by atoms with van der Waals surface area (Å²) in [4.78, 5) is 28.0. The zero-order valence-corrected chi connectivity index (χ0v) is 18.9. The fourth-order valence-electron chi connectivity index (χ4n) is 4.36. The van der Waals surface area contributed by atoms with E-state index in [-0.39, 0.29) is 24.6 Å². The van der Waals surface area contributed by atoms with Crippen molar-refractivity contribution in [2.75, 3.05) is 6.79 Å². The molecule has 2 aliphatic rings. The largest absolute Gasteiger partial charge is 0.454 e. The molecule has 0 radical (unpaired) electrons. The number of carbonyl (C=O) groups is 2. The molecule has 1 saturated carbocycles. The first kappa shape index (κ1) is 22.2. The van der Waals surface area contributed by atoms with Crippen LogP contribution >= 0.6 is 0 Å². The van der Waals surface area contributed by atoms with E-state index >= 15 is 0 Å². The third-order valence-corrected chi connectivity index (χ3v) is 6.41. The van der Waals surface area contributed by atoms with Gasteiger partial charge in [-0.2, -0.15) is 0 Å². The Morgan fingerprint density at radius 1 is 1.03 bits per heavy atom. The number of fused-ring (bicyclic) bond motifs is 1. The smallest absolute Gasteiger partial charge is 0.242 e. The van der Waals surface area contributed by atoms with Gasteiger partial charge in [0.2, 0.25) is 18.6 Å². The maximum Gasteiger partial charge on any atom is 0.242 e. The van der Waals surface area contributed by atoms with Gasteiger partial charge in [0.15, 0.2) is 11.5 Å². The summed E-state index contributed by atoms with van der Waals surface area (Å²) in [6, 6.07) is 13.6. The predicted octanol–water partition coefficient (Wildman–Crippen LogP) is 4.13. The molecule has 170 valence electrons. The SMILES string of the molecule is Cc1ccc(CN(C(=O)CCc2ccc3c(c2)OCO3)[C@H](C)C(=O)NC2CCCC2)cc1. The zero-order chi connectivity index (χ0) is 22.5. The Balaban J connectivity index is 1.44. The van der Waals surface area contributed by atoms with Crippen LogP contribution in [0.3, 0.4) is 0 Å². The number of ether oxygens (including phenoxy) is 2. The summed E-state index contributed by atoms with van der Waals surface area (Å²) in [6.07, 6.45) is 5.26. The number of rotatable bonds is 8. The van der Waals surface area contributed by atoms with E-state index in [1.165, 1.54) is 5.56 Å². The monoisotopic (exact) mass is 436 g/mol. The summed E-state index contributed by atoms with van der Waals surface area (Å²) in [5.74, 6) is 1.35. The van der Waals surface area contributed by atoms with Crippen LogP contribution < -0.4 is 14.8 Å². The minimum atomic E-state index is -0.527. The van der Waals surface area contributed by atoms with E-state index in [0.717, 1.165) is 48.3 Å². The van der Waals surface area contributed by atoms with Crippen molar-refractivity contribution in [1.29, 1.82) is 0 Å². The Morgan fingerprint density at radius 2 is 1.72 bits per heavy atom. The summed E-state index contributed by atoms with van der Waals surface area (Å²) >= 11 is 0. The first-order valence-electron chi connectivity index (χ1n) is 11.5. The number of aryl methyl sites for hydroxylation is 2. The number of amides is 2. The Hall–Kier alpha value is -3.02. The van der Waals surface area contributed by atoms with Gasteiger partial charge in [0, 0.05) is 19.0 Å². The van der Waals surface area contributed by atoms with Crippen LogP contribution in [-0.4, -0.2) is 35.6 Å². The lowest BCUT2D eigenvalue weighted by Crippen LogP contribution is -2.49. The molecule has 0 saturated heterocycles. The molecule has 4 rings (SSSR count). The molecular formula is C26H32N2O4. The molecule has 1 atom stereocenters. The average molecular weight is 437 g/mol. The summed E-state index contributed by atoms with van der Waals surface area (Å²) in [5, 5.41) is 3.15. The maximum absolute atomic E-state index is 13.3. The average Bonchev–Trinajstić information content (AvgIpc) is 3.48. The third kappa shape index (κ3) is 5.42. The van der Waals surface area contributed by atoms with Gasteiger partial charge in [0.25, 0.3) is 0 Å². The lowest BCUT2D eigenvalue weighted by molar-refractivity contribution is -0.140. The Kier molecular flexibility index (Phi) is 6.98. The van der Waals surface area contributed by atoms with Crippen molar-refractivity contribution < 1.29 is 19.1 Å². The van der Waals surface area contributed by atoms with E-state index in [2.05, 4.69) is 5.32 Å². The highest BCUT2D eigenvalue weighted by atomic mass is 16.7. The molecule has 0 spiro atoms. The Bertz CT molecular complexity index is 951. The summed E-state index contributed by atoms with van der Waals surface area (Å²) in [5.41, 5.74) is 3.20. The standard InChI is InChI=1S/C26H32N2O4/c1-18-7-9-21(10-8-18)16-28(19(2)26(30)27-22-5-3-4-6-22)25(29)14-12-20-11-13-23-24(15-20)32-17-31-23/h7-11,13,15,19,22H,3-6,12,14,16-17H2,1-2H3,(H,27,30)/t19-/m1/s1. The van der Waals surface area contributed by atoms with Crippen molar-refractivity contribution in [3.05, 3.63) is 59.2 Å². The highest BCUT2D eigenvalue weighted by Gasteiger charge is 2.28. The molecule has 6 heteroatoms. The van der Waals surface area contributed by atoms with Gasteiger partial charge in [-0.1, -0.05) is 48.7 Å². The molecule has 1 fully saturated rings. The van der Waals surface area contributed by atoms with E-state index in [4.69, 9.17) is 9.47 Å². The second-order valence-corrected chi connectivity index (χ2v) is 8.86. The van der Waals surface area contributed by atoms with Crippen LogP contribution in [0, 0.1) is 6.92 Å². The van der Waals surface area contributed by atoms with E-state index in [1.807, 2.05) is 56.3 Å². The van der Waals surface area contributed by atoms with E-state index in [9.17, 15) is 9.59 Å². The second kappa shape index (κ2) is 10.1. The number of nitrogens with one attached hydrogen (secondary N) is 1. The van der Waals surface area contributed by atoms with Crippen molar-refractivity contribution in [3.63, 3.8) is 0 Å². The molecule has 1 heterocycles. The molecule has 0 unspecified atom stereocenters. The second-order valence-electron chi connectivity index (χ2n) is 8.86. The van der Waals surface area contributed by atoms with Crippen LogP contribution in [0.2, 0.25) is 0 Å². The summed E-state index contributed by atoms with van der Waals surface area (Å²) in [7, 11) is 0. The number of carbonyl (C=O) groups excluding carboxylic acids is 2. The fourth-order valence-corrected chi connectivity index (χ4v) is 4.36. The number of nitrogens with zero attached hydrogens (tertiary/aromatic N) is 1. The van der Waals surface area contributed by atoms with Crippen molar-refractivity contribution in [2.45, 2.75) is 71.0 Å². The fraction of sp³-hybridized carbons (Fsp3) is 0.462. The van der Waals surface area contributed by atoms with Gasteiger partial charge < -0.3 is 19.7 Å². The van der Waals surface area contributed by atoms with Crippen LogP contribution in [0.1, 0.15) is 55.7 Å². The van der Waals surface area contributed by atoms with Crippen molar-refractivity contribution in [2.24, 2.45) is 0 Å². The number of benzene rings is 2. The summed E-state index contributed by atoms with van der Waals surface area (Å²) < 4.78 is 10.8. The molecule has 1 aliphatic carbocycles. The number of hydrogen-bond acceptors (Lipinski definition) is 4. The zero-order valence-electron chi connectivity index (χ0n) is 18.9. The van der Waals surface area contributed by atoms with Gasteiger partial charge in [0.1, 0.15) is 6.04 Å². The molecule has 2 aromatic rings. The van der Waals surface area contributed by atoms with Gasteiger partial charge in [-0.05, 0) is 56.4 Å². The van der Waals surface area contributed by atoms with Crippen LogP contribution in [0.25, 0.3) is 0 Å². The Labute approximate surface area is 189 Å². The van der Waals surface area contributed by atoms with E-state index in [0.29, 0.717) is 19.4 Å². The van der Waals surface area contributed by atoms with E-state index in [1.54, 1.807) is 4.90 Å². The molecule has 2 aromatic carbocycles. The first-order valence-corrected chi connectivity index (χ1v) is 11.5. The topological polar surface area (TPSA) is 67.9 Å². The molecular weight excluding hydrogens is 404 g/mol. The van der Waals surface area contributed by atoms with Crippen molar-refractivity contribution in [1.82, 2.24) is 10.2 Å². The van der Waals surface area contributed by atoms with Crippen LogP contribution in [-0.2, 0) is 22.6 Å². The normalized spacial score (nSPS) is 16.1. The number of hydrogen-bond donors (Lipinski definition) is 1. The van der Waals surface area contributed by atoms with Gasteiger partial charge >= 0.3 is 0 Å². The molecule has 1 aliphatic heterocycles. The van der Waals surface area contributed by atoms with Gasteiger partial charge in [-0.25, -0.2) is 0 Å². The molecule has 0 aromatic heterocycles. The quantitative estimate of drug-likeness (QED) is 0.676. The predicted molar refractivity (Wildman–Crippen MR) is 122 cm³/mol. The first-order chi connectivity index (χ1) is 15.5. The van der Waals surface area contributed by atoms with Gasteiger partial charge in [0.05, 0.1) is 0 Å². The van der Waals surface area contributed by atoms with Gasteiger partial charge in [-0.15, -0.1) is 0 Å². The van der Waals surface area contributed by atoms with Crippen molar-refractivity contribution >= 4 is 11.8 Å². The molecule has 1 N–H and O–H groups in total. The third-order valence-electron chi connectivity index (χ3n) is 6.41.